The van der Waals surface area contributed by atoms with Crippen LogP contribution in [0.4, 0.5) is 0 Å². The van der Waals surface area contributed by atoms with Crippen molar-refractivity contribution in [2.45, 2.75) is 116 Å². The second-order valence-corrected chi connectivity index (χ2v) is 13.4. The van der Waals surface area contributed by atoms with Crippen LogP contribution < -0.4 is 0 Å². The number of ketones is 1. The minimum atomic E-state index is -1.16. The molecule has 5 rings (SSSR count). The van der Waals surface area contributed by atoms with E-state index in [4.69, 9.17) is 4.74 Å². The molecule has 1 heterocycles. The van der Waals surface area contributed by atoms with Gasteiger partial charge in [-0.2, -0.15) is 0 Å². The summed E-state index contributed by atoms with van der Waals surface area (Å²) in [6.45, 7) is 12.6. The van der Waals surface area contributed by atoms with Crippen molar-refractivity contribution in [1.82, 2.24) is 0 Å². The van der Waals surface area contributed by atoms with Crippen molar-refractivity contribution < 1.29 is 30.0 Å². The van der Waals surface area contributed by atoms with E-state index in [0.717, 1.165) is 18.4 Å². The van der Waals surface area contributed by atoms with E-state index >= 15 is 0 Å². The van der Waals surface area contributed by atoms with E-state index in [9.17, 15) is 25.2 Å². The average Bonchev–Trinajstić information content (AvgIpc) is 3.49. The molecule has 4 N–H and O–H groups in total. The number of carbonyl (C=O) groups excluding carboxylic acids is 1. The van der Waals surface area contributed by atoms with Gasteiger partial charge in [0.05, 0.1) is 29.5 Å². The van der Waals surface area contributed by atoms with Crippen molar-refractivity contribution in [3.8, 4) is 0 Å². The molecule has 0 aromatic rings. The Morgan fingerprint density at radius 3 is 2.41 bits per heavy atom. The first-order chi connectivity index (χ1) is 15.7. The molecule has 0 radical (unpaired) electrons. The predicted octanol–water partition coefficient (Wildman–Crippen LogP) is 3.00. The summed E-state index contributed by atoms with van der Waals surface area (Å²) in [5.41, 5.74) is -2.46. The third-order valence-corrected chi connectivity index (χ3v) is 11.5. The Morgan fingerprint density at radius 2 is 1.76 bits per heavy atom. The van der Waals surface area contributed by atoms with Crippen LogP contribution in [0.2, 0.25) is 0 Å². The highest BCUT2D eigenvalue weighted by Gasteiger charge is 2.71. The lowest BCUT2D eigenvalue weighted by Crippen LogP contribution is -2.62. The van der Waals surface area contributed by atoms with Gasteiger partial charge in [-0.25, -0.2) is 0 Å². The highest BCUT2D eigenvalue weighted by atomic mass is 16.6. The molecule has 4 aliphatic carbocycles. The predicted molar refractivity (Wildman–Crippen MR) is 128 cm³/mol. The number of fused-ring (bicyclic) bond motifs is 5. The van der Waals surface area contributed by atoms with Crippen LogP contribution in [0.25, 0.3) is 0 Å². The van der Waals surface area contributed by atoms with Gasteiger partial charge in [-0.1, -0.05) is 34.6 Å². The number of ether oxygens (including phenoxy) is 1. The largest absolute Gasteiger partial charge is 0.390 e. The Hall–Kier alpha value is -0.790. The molecule has 5 aliphatic rings. The van der Waals surface area contributed by atoms with Crippen LogP contribution >= 0.6 is 0 Å². The van der Waals surface area contributed by atoms with Gasteiger partial charge in [-0.3, -0.25) is 4.79 Å². The van der Waals surface area contributed by atoms with E-state index in [0.29, 0.717) is 31.1 Å². The molecule has 34 heavy (non-hydrogen) atoms. The molecule has 12 atom stereocenters. The van der Waals surface area contributed by atoms with Gasteiger partial charge in [-0.15, -0.1) is 0 Å². The smallest absolute Gasteiger partial charge is 0.159 e. The Morgan fingerprint density at radius 1 is 1.09 bits per heavy atom. The Balaban J connectivity index is 1.47. The van der Waals surface area contributed by atoms with Crippen LogP contribution in [0.5, 0.6) is 0 Å². The lowest BCUT2D eigenvalue weighted by atomic mass is 9.45. The molecule has 6 nitrogen and oxygen atoms in total. The van der Waals surface area contributed by atoms with Crippen molar-refractivity contribution in [2.24, 2.45) is 40.4 Å². The molecule has 1 aliphatic heterocycles. The highest BCUT2D eigenvalue weighted by molar-refractivity contribution is 5.95. The summed E-state index contributed by atoms with van der Waals surface area (Å²) in [5, 5.41) is 44.9. The third kappa shape index (κ3) is 3.14. The van der Waals surface area contributed by atoms with E-state index in [1.165, 1.54) is 0 Å². The highest BCUT2D eigenvalue weighted by Crippen LogP contribution is 2.69. The third-order valence-electron chi connectivity index (χ3n) is 11.5. The maximum Gasteiger partial charge on any atom is 0.159 e. The lowest BCUT2D eigenvalue weighted by molar-refractivity contribution is -0.161. The van der Waals surface area contributed by atoms with E-state index in [1.54, 1.807) is 6.08 Å². The van der Waals surface area contributed by atoms with Gasteiger partial charge in [-0.05, 0) is 86.2 Å². The number of rotatable bonds is 4. The molecule has 192 valence electrons. The van der Waals surface area contributed by atoms with E-state index in [-0.39, 0.29) is 42.2 Å². The monoisotopic (exact) mass is 476 g/mol. The van der Waals surface area contributed by atoms with Crippen molar-refractivity contribution in [1.29, 1.82) is 0 Å². The van der Waals surface area contributed by atoms with Gasteiger partial charge in [0, 0.05) is 11.3 Å². The summed E-state index contributed by atoms with van der Waals surface area (Å²) < 4.78 is 6.06. The molecular weight excluding hydrogens is 432 g/mol. The number of hydrogen-bond donors (Lipinski definition) is 4. The maximum atomic E-state index is 13.3. The van der Waals surface area contributed by atoms with Crippen LogP contribution in [-0.2, 0) is 9.53 Å². The zero-order valence-corrected chi connectivity index (χ0v) is 21.6. The van der Waals surface area contributed by atoms with Crippen molar-refractivity contribution in [3.63, 3.8) is 0 Å². The molecule has 0 amide bonds. The molecule has 0 aromatic heterocycles. The summed E-state index contributed by atoms with van der Waals surface area (Å²) in [6, 6.07) is 0. The fraction of sp³-hybridized carbons (Fsp3) is 0.893. The summed E-state index contributed by atoms with van der Waals surface area (Å²) in [6.07, 6.45) is 3.15. The standard InChI is InChI=1S/C28H44O6/c1-14(2)15(3)23-24(34-23)27(6,32)22-8-10-28(33)17-11-19(29)18-12-20(30)21(31)13-25(18,4)16(17)7-9-26(22,28)5/h11,14-16,18,20-24,30-33H,7-10,12-13H2,1-6H3/t15?,16-,18-,20+,21-,22-,23?,24+,25+,26+,27+,28+/m0/s1. The molecule has 0 bridgehead atoms. The molecule has 0 aromatic carbocycles. The van der Waals surface area contributed by atoms with Crippen LogP contribution in [-0.4, -0.2) is 61.8 Å². The number of aliphatic hydroxyl groups excluding tert-OH is 2. The first-order valence-electron chi connectivity index (χ1n) is 13.4. The summed E-state index contributed by atoms with van der Waals surface area (Å²) in [5.74, 6) is 0.304. The first-order valence-corrected chi connectivity index (χ1v) is 13.4. The Labute approximate surface area is 203 Å². The number of aliphatic hydroxyl groups is 4. The minimum absolute atomic E-state index is 0.00925. The number of hydrogen-bond acceptors (Lipinski definition) is 6. The molecule has 0 spiro atoms. The molecule has 1 saturated heterocycles. The minimum Gasteiger partial charge on any atom is -0.390 e. The van der Waals surface area contributed by atoms with Crippen LogP contribution in [0.1, 0.15) is 80.1 Å². The fourth-order valence-electron chi connectivity index (χ4n) is 8.88. The van der Waals surface area contributed by atoms with Crippen molar-refractivity contribution in [2.75, 3.05) is 0 Å². The quantitative estimate of drug-likeness (QED) is 0.464. The van der Waals surface area contributed by atoms with Crippen LogP contribution in [0.3, 0.4) is 0 Å². The second kappa shape index (κ2) is 7.61. The molecule has 4 fully saturated rings. The van der Waals surface area contributed by atoms with Crippen molar-refractivity contribution in [3.05, 3.63) is 11.6 Å². The van der Waals surface area contributed by atoms with Crippen LogP contribution in [0, 0.1) is 40.4 Å². The summed E-state index contributed by atoms with van der Waals surface area (Å²) >= 11 is 0. The molecule has 3 saturated carbocycles. The second-order valence-electron chi connectivity index (χ2n) is 13.4. The summed E-state index contributed by atoms with van der Waals surface area (Å²) in [4.78, 5) is 13.3. The number of epoxide rings is 1. The Bertz CT molecular complexity index is 895. The molecule has 6 heteroatoms. The number of allylic oxidation sites excluding steroid dienone is 1. The SMILES string of the molecule is CC(C)C(C)C1O[C@H]1[C@](C)(O)[C@H]1CC[C@@]2(O)C3=CC(=O)[C@@H]4C[C@@H](O)[C@@H](O)C[C@]4(C)[C@H]3CC[C@]12C. The fourth-order valence-corrected chi connectivity index (χ4v) is 8.88. The van der Waals surface area contributed by atoms with Gasteiger partial charge < -0.3 is 25.2 Å². The van der Waals surface area contributed by atoms with Gasteiger partial charge in [0.2, 0.25) is 0 Å². The Kier molecular flexibility index (Phi) is 5.57. The van der Waals surface area contributed by atoms with Gasteiger partial charge in [0.1, 0.15) is 6.10 Å². The lowest BCUT2D eigenvalue weighted by Gasteiger charge is -2.60. The first kappa shape index (κ1) is 24.9. The summed E-state index contributed by atoms with van der Waals surface area (Å²) in [7, 11) is 0. The van der Waals surface area contributed by atoms with Crippen LogP contribution in [0.15, 0.2) is 11.6 Å². The number of carbonyl (C=O) groups is 1. The van der Waals surface area contributed by atoms with Gasteiger partial charge in [0.25, 0.3) is 0 Å². The molecule has 2 unspecified atom stereocenters. The normalized spacial score (nSPS) is 52.9. The van der Waals surface area contributed by atoms with E-state index in [1.807, 2.05) is 6.92 Å². The topological polar surface area (TPSA) is 111 Å². The van der Waals surface area contributed by atoms with Gasteiger partial charge >= 0.3 is 0 Å². The zero-order valence-electron chi connectivity index (χ0n) is 21.6. The van der Waals surface area contributed by atoms with E-state index < -0.39 is 34.2 Å². The van der Waals surface area contributed by atoms with E-state index in [2.05, 4.69) is 34.6 Å². The van der Waals surface area contributed by atoms with Crippen molar-refractivity contribution >= 4 is 5.78 Å². The molecular formula is C28H44O6. The zero-order chi connectivity index (χ0) is 25.0. The average molecular weight is 477 g/mol. The maximum absolute atomic E-state index is 13.3. The van der Waals surface area contributed by atoms with Gasteiger partial charge in [0.15, 0.2) is 5.78 Å².